The van der Waals surface area contributed by atoms with Gasteiger partial charge < -0.3 is 10.0 Å². The lowest BCUT2D eigenvalue weighted by atomic mass is 9.48. The topological polar surface area (TPSA) is 24.7 Å². The number of hydrogen-bond acceptors (Lipinski definition) is 1. The van der Waals surface area contributed by atoms with Gasteiger partial charge in [0.2, 0.25) is 0 Å². The maximum absolute atomic E-state index is 10.6. The summed E-state index contributed by atoms with van der Waals surface area (Å²) in [7, 11) is 4.31. The Kier molecular flexibility index (Phi) is 2.56. The van der Waals surface area contributed by atoms with E-state index in [0.29, 0.717) is 5.41 Å². The summed E-state index contributed by atoms with van der Waals surface area (Å²) in [4.78, 5) is 1.39. The third kappa shape index (κ3) is 1.70. The van der Waals surface area contributed by atoms with Gasteiger partial charge in [-0.2, -0.15) is 0 Å². The van der Waals surface area contributed by atoms with Crippen molar-refractivity contribution in [3.05, 3.63) is 0 Å². The van der Waals surface area contributed by atoms with E-state index < -0.39 is 0 Å². The molecule has 16 heavy (non-hydrogen) atoms. The molecule has 0 amide bonds. The molecule has 0 heterocycles. The van der Waals surface area contributed by atoms with Crippen LogP contribution in [0.4, 0.5) is 0 Å². The van der Waals surface area contributed by atoms with Gasteiger partial charge in [-0.3, -0.25) is 0 Å². The summed E-state index contributed by atoms with van der Waals surface area (Å²) in [6.07, 6.45) is 8.35. The van der Waals surface area contributed by atoms with Crippen molar-refractivity contribution in [2.24, 2.45) is 23.2 Å². The molecule has 0 aliphatic heterocycles. The van der Waals surface area contributed by atoms with Crippen molar-refractivity contribution in [3.63, 3.8) is 0 Å². The first-order valence-electron chi connectivity index (χ1n) is 7.04. The van der Waals surface area contributed by atoms with Crippen molar-refractivity contribution in [1.82, 2.24) is 0 Å². The summed E-state index contributed by atoms with van der Waals surface area (Å²) < 4.78 is 0. The highest BCUT2D eigenvalue weighted by Gasteiger charge is 2.54. The van der Waals surface area contributed by atoms with Crippen molar-refractivity contribution in [2.45, 2.75) is 44.6 Å². The van der Waals surface area contributed by atoms with Gasteiger partial charge in [0.15, 0.2) is 0 Å². The largest absolute Gasteiger partial charge is 0.387 e. The highest BCUT2D eigenvalue weighted by Crippen LogP contribution is 2.61. The second kappa shape index (κ2) is 3.71. The molecule has 4 bridgehead atoms. The Morgan fingerprint density at radius 1 is 1.06 bits per heavy atom. The first kappa shape index (κ1) is 11.0. The fraction of sp³-hybridized carbons (Fsp3) is 1.00. The maximum Gasteiger partial charge on any atom is 0.108 e. The summed E-state index contributed by atoms with van der Waals surface area (Å²) in [5.74, 6) is 2.87. The lowest BCUT2D eigenvalue weighted by molar-refractivity contribution is -0.863. The normalized spacial score (nSPS) is 47.6. The summed E-state index contributed by atoms with van der Waals surface area (Å²) in [6, 6.07) is 0. The van der Waals surface area contributed by atoms with Crippen LogP contribution in [0.15, 0.2) is 0 Å². The Hall–Kier alpha value is -0.0800. The molecule has 0 aromatic rings. The molecule has 2 N–H and O–H groups in total. The first-order valence-corrected chi connectivity index (χ1v) is 7.04. The Bertz CT molecular complexity index is 239. The lowest BCUT2D eigenvalue weighted by Crippen LogP contribution is -3.07. The highest BCUT2D eigenvalue weighted by molar-refractivity contribution is 5.04. The molecule has 0 saturated heterocycles. The SMILES string of the molecule is C[NH+](C)C[C@@H](O)C12CC3CC(CC(C3)C1)C2. The van der Waals surface area contributed by atoms with Crippen LogP contribution in [0.1, 0.15) is 38.5 Å². The third-order valence-electron chi connectivity index (χ3n) is 5.39. The molecule has 4 aliphatic rings. The van der Waals surface area contributed by atoms with Gasteiger partial charge in [0.05, 0.1) is 14.1 Å². The average Bonchev–Trinajstić information content (AvgIpc) is 2.13. The predicted octanol–water partition coefficient (Wildman–Crippen LogP) is 0.708. The molecule has 0 radical (unpaired) electrons. The minimum absolute atomic E-state index is 0.0501. The molecule has 0 aromatic carbocycles. The third-order valence-corrected chi connectivity index (χ3v) is 5.39. The summed E-state index contributed by atoms with van der Waals surface area (Å²) >= 11 is 0. The van der Waals surface area contributed by atoms with E-state index in [2.05, 4.69) is 14.1 Å². The van der Waals surface area contributed by atoms with Crippen molar-refractivity contribution >= 4 is 0 Å². The molecule has 0 aromatic heterocycles. The molecule has 4 aliphatic carbocycles. The molecule has 1 atom stereocenters. The van der Waals surface area contributed by atoms with Crippen molar-refractivity contribution in [2.75, 3.05) is 20.6 Å². The van der Waals surface area contributed by atoms with Crippen LogP contribution in [-0.2, 0) is 0 Å². The minimum Gasteiger partial charge on any atom is -0.387 e. The van der Waals surface area contributed by atoms with E-state index in [1.165, 1.54) is 43.4 Å². The van der Waals surface area contributed by atoms with Gasteiger partial charge in [0, 0.05) is 5.41 Å². The second-order valence-electron chi connectivity index (χ2n) is 7.21. The van der Waals surface area contributed by atoms with Gasteiger partial charge in [0.25, 0.3) is 0 Å². The molecule has 2 nitrogen and oxygen atoms in total. The van der Waals surface area contributed by atoms with Crippen LogP contribution in [-0.4, -0.2) is 31.9 Å². The lowest BCUT2D eigenvalue weighted by Gasteiger charge is -2.58. The molecule has 0 spiro atoms. The summed E-state index contributed by atoms with van der Waals surface area (Å²) in [5.41, 5.74) is 0.325. The maximum atomic E-state index is 10.6. The molecule has 4 fully saturated rings. The van der Waals surface area contributed by atoms with Gasteiger partial charge in [-0.1, -0.05) is 0 Å². The van der Waals surface area contributed by atoms with Gasteiger partial charge in [-0.15, -0.1) is 0 Å². The molecular weight excluding hydrogens is 198 g/mol. The Morgan fingerprint density at radius 2 is 1.50 bits per heavy atom. The average molecular weight is 224 g/mol. The number of aliphatic hydroxyl groups is 1. The molecule has 2 heteroatoms. The van der Waals surface area contributed by atoms with Crippen LogP contribution in [0.25, 0.3) is 0 Å². The number of aliphatic hydroxyl groups excluding tert-OH is 1. The number of hydrogen-bond donors (Lipinski definition) is 2. The Morgan fingerprint density at radius 3 is 1.88 bits per heavy atom. The number of quaternary nitrogens is 1. The van der Waals surface area contributed by atoms with E-state index in [1.54, 1.807) is 0 Å². The fourth-order valence-electron chi connectivity index (χ4n) is 5.19. The fourth-order valence-corrected chi connectivity index (χ4v) is 5.19. The van der Waals surface area contributed by atoms with Crippen LogP contribution in [0.5, 0.6) is 0 Å². The monoisotopic (exact) mass is 224 g/mol. The molecule has 4 rings (SSSR count). The van der Waals surface area contributed by atoms with E-state index >= 15 is 0 Å². The van der Waals surface area contributed by atoms with Crippen LogP contribution in [0.2, 0.25) is 0 Å². The minimum atomic E-state index is -0.0501. The van der Waals surface area contributed by atoms with E-state index in [1.807, 2.05) is 0 Å². The Balaban J connectivity index is 1.77. The molecule has 4 saturated carbocycles. The van der Waals surface area contributed by atoms with E-state index in [4.69, 9.17) is 0 Å². The van der Waals surface area contributed by atoms with Gasteiger partial charge in [-0.25, -0.2) is 0 Å². The van der Waals surface area contributed by atoms with Crippen LogP contribution >= 0.6 is 0 Å². The van der Waals surface area contributed by atoms with Gasteiger partial charge >= 0.3 is 0 Å². The van der Waals surface area contributed by atoms with Gasteiger partial charge in [0.1, 0.15) is 12.6 Å². The highest BCUT2D eigenvalue weighted by atomic mass is 16.3. The summed E-state index contributed by atoms with van der Waals surface area (Å²) in [6.45, 7) is 0.937. The quantitative estimate of drug-likeness (QED) is 0.725. The zero-order chi connectivity index (χ0) is 11.3. The number of rotatable bonds is 3. The zero-order valence-corrected chi connectivity index (χ0v) is 10.7. The first-order chi connectivity index (χ1) is 7.57. The smallest absolute Gasteiger partial charge is 0.108 e. The van der Waals surface area contributed by atoms with E-state index in [9.17, 15) is 5.11 Å². The molecule has 0 unspecified atom stereocenters. The standard InChI is InChI=1S/C14H25NO/c1-15(2)9-13(16)14-6-10-3-11(7-14)5-12(4-10)8-14/h10-13,16H,3-9H2,1-2H3/p+1/t10?,11?,12?,13-,14?/m1/s1. The van der Waals surface area contributed by atoms with E-state index in [-0.39, 0.29) is 6.10 Å². The zero-order valence-electron chi connectivity index (χ0n) is 10.7. The molecule has 92 valence electrons. The number of nitrogens with one attached hydrogen (secondary N) is 1. The number of likely N-dealkylation sites (N-methyl/N-ethyl adjacent to an activating group) is 1. The summed E-state index contributed by atoms with van der Waals surface area (Å²) in [5, 5.41) is 10.6. The van der Waals surface area contributed by atoms with Crippen LogP contribution in [0.3, 0.4) is 0 Å². The molecular formula is C14H26NO+. The van der Waals surface area contributed by atoms with Crippen molar-refractivity contribution in [1.29, 1.82) is 0 Å². The second-order valence-corrected chi connectivity index (χ2v) is 7.21. The Labute approximate surface area is 99.0 Å². The van der Waals surface area contributed by atoms with Crippen LogP contribution < -0.4 is 4.90 Å². The van der Waals surface area contributed by atoms with Gasteiger partial charge in [-0.05, 0) is 56.3 Å². The van der Waals surface area contributed by atoms with Crippen LogP contribution in [0, 0.1) is 23.2 Å². The van der Waals surface area contributed by atoms with Crippen molar-refractivity contribution in [3.8, 4) is 0 Å². The van der Waals surface area contributed by atoms with E-state index in [0.717, 1.165) is 24.3 Å². The van der Waals surface area contributed by atoms with Crippen molar-refractivity contribution < 1.29 is 10.0 Å². The predicted molar refractivity (Wildman–Crippen MR) is 64.3 cm³/mol.